The van der Waals surface area contributed by atoms with Gasteiger partial charge in [-0.2, -0.15) is 0 Å². The van der Waals surface area contributed by atoms with E-state index in [-0.39, 0.29) is 6.04 Å². The second-order valence-corrected chi connectivity index (χ2v) is 7.33. The monoisotopic (exact) mass is 378 g/mol. The number of fused-ring (bicyclic) bond motifs is 1. The highest BCUT2D eigenvalue weighted by molar-refractivity contribution is 6.07. The van der Waals surface area contributed by atoms with Crippen LogP contribution in [0, 0.1) is 0 Å². The Morgan fingerprint density at radius 1 is 1.18 bits per heavy atom. The van der Waals surface area contributed by atoms with Crippen LogP contribution in [0.5, 0.6) is 5.75 Å². The quantitative estimate of drug-likeness (QED) is 0.582. The van der Waals surface area contributed by atoms with Crippen molar-refractivity contribution in [2.45, 2.75) is 32.4 Å². The minimum Gasteiger partial charge on any atom is -0.494 e. The Bertz CT molecular complexity index is 978. The molecule has 1 aromatic heterocycles. The normalized spacial score (nSPS) is 12.6. The Balaban J connectivity index is 2.03. The van der Waals surface area contributed by atoms with E-state index in [1.165, 1.54) is 0 Å². The van der Waals surface area contributed by atoms with Crippen molar-refractivity contribution < 1.29 is 9.53 Å². The molecule has 0 aliphatic carbocycles. The Morgan fingerprint density at radius 2 is 1.89 bits per heavy atom. The van der Waals surface area contributed by atoms with Gasteiger partial charge in [-0.1, -0.05) is 24.3 Å². The third-order valence-electron chi connectivity index (χ3n) is 4.60. The molecule has 6 nitrogen and oxygen atoms in total. The molecule has 0 aliphatic rings. The predicted molar refractivity (Wildman–Crippen MR) is 113 cm³/mol. The van der Waals surface area contributed by atoms with Crippen LogP contribution in [0.25, 0.3) is 10.9 Å². The topological polar surface area (TPSA) is 103 Å². The number of benzene rings is 2. The zero-order valence-electron chi connectivity index (χ0n) is 16.4. The number of hydrogen-bond donors (Lipinski definition) is 3. The highest BCUT2D eigenvalue weighted by Gasteiger charge is 2.27. The lowest BCUT2D eigenvalue weighted by Gasteiger charge is -2.33. The molecule has 0 spiro atoms. The third-order valence-corrected chi connectivity index (χ3v) is 4.60. The van der Waals surface area contributed by atoms with Crippen molar-refractivity contribution in [3.8, 4) is 5.75 Å². The van der Waals surface area contributed by atoms with Crippen molar-refractivity contribution in [2.24, 2.45) is 11.5 Å². The fraction of sp³-hybridized carbons (Fsp3) is 0.273. The number of hydrogen-bond acceptors (Lipinski definition) is 5. The fourth-order valence-corrected chi connectivity index (χ4v) is 3.28. The van der Waals surface area contributed by atoms with Crippen LogP contribution in [0.2, 0.25) is 0 Å². The zero-order chi connectivity index (χ0) is 20.3. The van der Waals surface area contributed by atoms with Gasteiger partial charge in [-0.25, -0.2) is 0 Å². The van der Waals surface area contributed by atoms with Gasteiger partial charge in [0, 0.05) is 22.8 Å². The van der Waals surface area contributed by atoms with E-state index in [2.05, 4.69) is 10.3 Å². The molecule has 0 saturated carbocycles. The molecule has 0 radical (unpaired) electrons. The first-order valence-corrected chi connectivity index (χ1v) is 9.27. The minimum absolute atomic E-state index is 0.175. The molecule has 1 amide bonds. The van der Waals surface area contributed by atoms with Gasteiger partial charge >= 0.3 is 0 Å². The summed E-state index contributed by atoms with van der Waals surface area (Å²) < 4.78 is 5.53. The Hall–Kier alpha value is -3.12. The number of anilines is 1. The van der Waals surface area contributed by atoms with E-state index >= 15 is 0 Å². The molecule has 0 bridgehead atoms. The molecule has 1 atom stereocenters. The number of rotatable bonds is 7. The summed E-state index contributed by atoms with van der Waals surface area (Å²) in [5.41, 5.74) is 14.3. The van der Waals surface area contributed by atoms with E-state index in [9.17, 15) is 4.79 Å². The van der Waals surface area contributed by atoms with Crippen molar-refractivity contribution in [3.05, 3.63) is 65.9 Å². The van der Waals surface area contributed by atoms with Crippen molar-refractivity contribution in [1.29, 1.82) is 0 Å². The molecule has 28 heavy (non-hydrogen) atoms. The second-order valence-electron chi connectivity index (χ2n) is 7.33. The molecule has 0 aliphatic heterocycles. The first kappa shape index (κ1) is 19.6. The van der Waals surface area contributed by atoms with Gasteiger partial charge in [0.25, 0.3) is 5.91 Å². The molecule has 2 aromatic carbocycles. The smallest absolute Gasteiger partial charge is 0.250 e. The fourth-order valence-electron chi connectivity index (χ4n) is 3.28. The highest BCUT2D eigenvalue weighted by Crippen LogP contribution is 2.32. The Kier molecular flexibility index (Phi) is 5.51. The number of nitrogens with one attached hydrogen (secondary N) is 1. The zero-order valence-corrected chi connectivity index (χ0v) is 16.4. The summed E-state index contributed by atoms with van der Waals surface area (Å²) in [6.45, 7) is 6.52. The molecule has 3 rings (SSSR count). The van der Waals surface area contributed by atoms with Gasteiger partial charge in [0.05, 0.1) is 23.7 Å². The van der Waals surface area contributed by atoms with E-state index in [0.29, 0.717) is 17.7 Å². The van der Waals surface area contributed by atoms with Gasteiger partial charge < -0.3 is 21.5 Å². The van der Waals surface area contributed by atoms with E-state index in [1.807, 2.05) is 57.2 Å². The summed E-state index contributed by atoms with van der Waals surface area (Å²) in [5, 5.41) is 4.36. The van der Waals surface area contributed by atoms with Crippen LogP contribution in [0.15, 0.2) is 54.7 Å². The minimum atomic E-state index is -0.552. The summed E-state index contributed by atoms with van der Waals surface area (Å²) in [6.07, 6.45) is 1.66. The van der Waals surface area contributed by atoms with Crippen LogP contribution in [-0.4, -0.2) is 23.0 Å². The van der Waals surface area contributed by atoms with Crippen LogP contribution < -0.4 is 21.5 Å². The van der Waals surface area contributed by atoms with Crippen molar-refractivity contribution >= 4 is 22.5 Å². The lowest BCUT2D eigenvalue weighted by atomic mass is 9.89. The van der Waals surface area contributed by atoms with Crippen LogP contribution in [0.3, 0.4) is 0 Å². The van der Waals surface area contributed by atoms with Crippen LogP contribution in [0.1, 0.15) is 42.7 Å². The molecule has 0 fully saturated rings. The van der Waals surface area contributed by atoms with E-state index in [4.69, 9.17) is 16.2 Å². The van der Waals surface area contributed by atoms with Crippen molar-refractivity contribution in [2.75, 3.05) is 11.9 Å². The van der Waals surface area contributed by atoms with Gasteiger partial charge in [-0.05, 0) is 50.6 Å². The Labute approximate surface area is 164 Å². The van der Waals surface area contributed by atoms with Gasteiger partial charge in [-0.3, -0.25) is 9.78 Å². The lowest BCUT2D eigenvalue weighted by molar-refractivity contribution is 0.100. The predicted octanol–water partition coefficient (Wildman–Crippen LogP) is 3.62. The molecule has 5 N–H and O–H groups in total. The van der Waals surface area contributed by atoms with E-state index in [0.717, 1.165) is 22.4 Å². The average molecular weight is 378 g/mol. The molecular weight excluding hydrogens is 352 g/mol. The number of primary amides is 1. The summed E-state index contributed by atoms with van der Waals surface area (Å²) >= 11 is 0. The summed E-state index contributed by atoms with van der Waals surface area (Å²) in [6, 6.07) is 15.0. The SMILES string of the molecule is CCOc1ccc([C@H](Nc2ccnc3c(C(N)=O)cccc23)C(C)(C)N)cc1. The number of carbonyl (C=O) groups is 1. The van der Waals surface area contributed by atoms with Crippen LogP contribution in [0.4, 0.5) is 5.69 Å². The maximum atomic E-state index is 11.7. The van der Waals surface area contributed by atoms with Gasteiger partial charge in [0.1, 0.15) is 5.75 Å². The molecule has 3 aromatic rings. The third kappa shape index (κ3) is 4.07. The molecule has 1 heterocycles. The number of ether oxygens (including phenoxy) is 1. The largest absolute Gasteiger partial charge is 0.494 e. The number of amides is 1. The van der Waals surface area contributed by atoms with E-state index in [1.54, 1.807) is 18.3 Å². The number of carbonyl (C=O) groups excluding carboxylic acids is 1. The highest BCUT2D eigenvalue weighted by atomic mass is 16.5. The second kappa shape index (κ2) is 7.86. The maximum absolute atomic E-state index is 11.7. The van der Waals surface area contributed by atoms with Crippen LogP contribution in [-0.2, 0) is 0 Å². The van der Waals surface area contributed by atoms with Crippen molar-refractivity contribution in [1.82, 2.24) is 4.98 Å². The van der Waals surface area contributed by atoms with E-state index < -0.39 is 11.4 Å². The van der Waals surface area contributed by atoms with Crippen LogP contribution >= 0.6 is 0 Å². The summed E-state index contributed by atoms with van der Waals surface area (Å²) in [5.74, 6) is 0.317. The van der Waals surface area contributed by atoms with Crippen molar-refractivity contribution in [3.63, 3.8) is 0 Å². The van der Waals surface area contributed by atoms with Gasteiger partial charge in [0.2, 0.25) is 0 Å². The number of pyridine rings is 1. The Morgan fingerprint density at radius 3 is 2.50 bits per heavy atom. The lowest BCUT2D eigenvalue weighted by Crippen LogP contribution is -2.43. The number of nitrogens with two attached hydrogens (primary N) is 2. The molecule has 6 heteroatoms. The summed E-state index contributed by atoms with van der Waals surface area (Å²) in [4.78, 5) is 16.1. The first-order valence-electron chi connectivity index (χ1n) is 9.27. The summed E-state index contributed by atoms with van der Waals surface area (Å²) in [7, 11) is 0. The maximum Gasteiger partial charge on any atom is 0.250 e. The average Bonchev–Trinajstić information content (AvgIpc) is 2.65. The van der Waals surface area contributed by atoms with Gasteiger partial charge in [-0.15, -0.1) is 0 Å². The first-order chi connectivity index (χ1) is 13.3. The van der Waals surface area contributed by atoms with Gasteiger partial charge in [0.15, 0.2) is 0 Å². The molecular formula is C22H26N4O2. The molecule has 146 valence electrons. The number of para-hydroxylation sites is 1. The number of aromatic nitrogens is 1. The molecule has 0 saturated heterocycles. The number of nitrogens with zero attached hydrogens (tertiary/aromatic N) is 1. The standard InChI is InChI=1S/C22H26N4O2/c1-4-28-15-10-8-14(9-11-15)20(22(2,3)24)26-18-12-13-25-19-16(18)6-5-7-17(19)21(23)27/h5-13,20H,4,24H2,1-3H3,(H2,23,27)(H,25,26)/t20-/m0/s1. The molecule has 0 unspecified atom stereocenters.